The lowest BCUT2D eigenvalue weighted by Gasteiger charge is -2.33. The Labute approximate surface area is 170 Å². The van der Waals surface area contributed by atoms with Crippen LogP contribution in [0.1, 0.15) is 29.0 Å². The van der Waals surface area contributed by atoms with E-state index in [1.807, 2.05) is 12.1 Å². The van der Waals surface area contributed by atoms with Crippen molar-refractivity contribution in [1.29, 1.82) is 0 Å². The second-order valence-electron chi connectivity index (χ2n) is 7.51. The zero-order valence-corrected chi connectivity index (χ0v) is 17.5. The summed E-state index contributed by atoms with van der Waals surface area (Å²) in [5, 5.41) is 3.73. The summed E-state index contributed by atoms with van der Waals surface area (Å²) in [7, 11) is -3.68. The van der Waals surface area contributed by atoms with Gasteiger partial charge in [0.2, 0.25) is 10.0 Å². The van der Waals surface area contributed by atoms with Gasteiger partial charge in [-0.25, -0.2) is 8.42 Å². The highest BCUT2D eigenvalue weighted by Crippen LogP contribution is 2.26. The maximum atomic E-state index is 12.9. The predicted molar refractivity (Wildman–Crippen MR) is 105 cm³/mol. The van der Waals surface area contributed by atoms with Gasteiger partial charge in [-0.2, -0.15) is 4.31 Å². The van der Waals surface area contributed by atoms with Crippen LogP contribution in [-0.4, -0.2) is 61.5 Å². The van der Waals surface area contributed by atoms with Gasteiger partial charge < -0.3 is 14.2 Å². The third-order valence-electron chi connectivity index (χ3n) is 5.59. The van der Waals surface area contributed by atoms with E-state index in [9.17, 15) is 13.2 Å². The number of carbonyl (C=O) groups excluding carboxylic acids is 1. The van der Waals surface area contributed by atoms with Crippen LogP contribution < -0.4 is 4.74 Å². The van der Waals surface area contributed by atoms with E-state index in [4.69, 9.17) is 9.26 Å². The number of ether oxygens (including phenoxy) is 1. The van der Waals surface area contributed by atoms with Crippen molar-refractivity contribution in [3.05, 3.63) is 40.8 Å². The number of nitrogens with zero attached hydrogens (tertiary/aromatic N) is 3. The first-order valence-electron chi connectivity index (χ1n) is 9.81. The lowest BCUT2D eigenvalue weighted by atomic mass is 10.1. The second kappa shape index (κ2) is 7.79. The summed E-state index contributed by atoms with van der Waals surface area (Å²) in [6.45, 7) is 4.27. The van der Waals surface area contributed by atoms with Crippen LogP contribution >= 0.6 is 0 Å². The largest absolute Gasteiger partial charge is 0.484 e. The summed E-state index contributed by atoms with van der Waals surface area (Å²) >= 11 is 0. The molecule has 0 saturated carbocycles. The first-order chi connectivity index (χ1) is 13.9. The van der Waals surface area contributed by atoms with E-state index in [0.29, 0.717) is 24.5 Å². The molecule has 1 fully saturated rings. The SMILES string of the molecule is Cc1noc(C)c1S(=O)(=O)N1CCN(C(=O)COc2ccc3c(c2)CCC3)CC1. The summed E-state index contributed by atoms with van der Waals surface area (Å²) in [5.74, 6) is 0.849. The lowest BCUT2D eigenvalue weighted by Crippen LogP contribution is -2.51. The van der Waals surface area contributed by atoms with Crippen LogP contribution in [0.4, 0.5) is 0 Å². The molecule has 0 spiro atoms. The molecule has 1 aromatic carbocycles. The molecule has 156 valence electrons. The van der Waals surface area contributed by atoms with Crippen molar-refractivity contribution < 1.29 is 22.5 Å². The van der Waals surface area contributed by atoms with Crippen molar-refractivity contribution in [2.75, 3.05) is 32.8 Å². The van der Waals surface area contributed by atoms with Crippen molar-refractivity contribution in [3.8, 4) is 5.75 Å². The van der Waals surface area contributed by atoms with E-state index in [0.717, 1.165) is 12.8 Å². The Morgan fingerprint density at radius 3 is 2.55 bits per heavy atom. The van der Waals surface area contributed by atoms with Crippen LogP contribution in [-0.2, 0) is 27.7 Å². The van der Waals surface area contributed by atoms with Gasteiger partial charge in [0.05, 0.1) is 0 Å². The standard InChI is InChI=1S/C20H25N3O5S/c1-14-20(15(2)28-21-14)29(25,26)23-10-8-22(9-11-23)19(24)13-27-18-7-6-16-4-3-5-17(16)12-18/h6-7,12H,3-5,8-11,13H2,1-2H3. The molecule has 1 saturated heterocycles. The van der Waals surface area contributed by atoms with Crippen LogP contribution in [0, 0.1) is 13.8 Å². The third-order valence-corrected chi connectivity index (χ3v) is 7.73. The smallest absolute Gasteiger partial charge is 0.260 e. The zero-order valence-electron chi connectivity index (χ0n) is 16.7. The fourth-order valence-electron chi connectivity index (χ4n) is 4.02. The molecule has 0 bridgehead atoms. The molecule has 2 aliphatic rings. The van der Waals surface area contributed by atoms with E-state index in [1.54, 1.807) is 18.7 Å². The maximum Gasteiger partial charge on any atom is 0.260 e. The minimum atomic E-state index is -3.68. The molecule has 1 aliphatic carbocycles. The van der Waals surface area contributed by atoms with Gasteiger partial charge in [0.15, 0.2) is 12.4 Å². The number of hydrogen-bond donors (Lipinski definition) is 0. The van der Waals surface area contributed by atoms with E-state index in [2.05, 4.69) is 11.2 Å². The van der Waals surface area contributed by atoms with Gasteiger partial charge in [0.1, 0.15) is 16.3 Å². The summed E-state index contributed by atoms with van der Waals surface area (Å²) in [4.78, 5) is 14.3. The van der Waals surface area contributed by atoms with Gasteiger partial charge in [-0.15, -0.1) is 0 Å². The average molecular weight is 420 g/mol. The Morgan fingerprint density at radius 1 is 1.14 bits per heavy atom. The second-order valence-corrected chi connectivity index (χ2v) is 9.39. The van der Waals surface area contributed by atoms with Gasteiger partial charge in [-0.05, 0) is 56.4 Å². The topological polar surface area (TPSA) is 93.0 Å². The fraction of sp³-hybridized carbons (Fsp3) is 0.500. The number of piperazine rings is 1. The Balaban J connectivity index is 1.33. The van der Waals surface area contributed by atoms with E-state index >= 15 is 0 Å². The molecular formula is C20H25N3O5S. The molecule has 1 amide bonds. The minimum absolute atomic E-state index is 0.0462. The Morgan fingerprint density at radius 2 is 1.86 bits per heavy atom. The zero-order chi connectivity index (χ0) is 20.6. The molecule has 1 aromatic heterocycles. The van der Waals surface area contributed by atoms with Crippen molar-refractivity contribution >= 4 is 15.9 Å². The van der Waals surface area contributed by atoms with Gasteiger partial charge in [0.25, 0.3) is 5.91 Å². The van der Waals surface area contributed by atoms with Gasteiger partial charge in [0, 0.05) is 26.2 Å². The summed E-state index contributed by atoms with van der Waals surface area (Å²) in [6.07, 6.45) is 3.33. The van der Waals surface area contributed by atoms with Crippen LogP contribution in [0.2, 0.25) is 0 Å². The third kappa shape index (κ3) is 3.89. The molecule has 0 atom stereocenters. The summed E-state index contributed by atoms with van der Waals surface area (Å²) < 4.78 is 37.8. The number of carbonyl (C=O) groups is 1. The normalized spacial score (nSPS) is 17.4. The first-order valence-corrected chi connectivity index (χ1v) is 11.3. The van der Waals surface area contributed by atoms with Crippen LogP contribution in [0.5, 0.6) is 5.75 Å². The number of benzene rings is 1. The van der Waals surface area contributed by atoms with Gasteiger partial charge >= 0.3 is 0 Å². The van der Waals surface area contributed by atoms with Crippen LogP contribution in [0.25, 0.3) is 0 Å². The average Bonchev–Trinajstić information content (AvgIpc) is 3.31. The highest BCUT2D eigenvalue weighted by molar-refractivity contribution is 7.89. The van der Waals surface area contributed by atoms with E-state index in [1.165, 1.54) is 21.9 Å². The van der Waals surface area contributed by atoms with Crippen molar-refractivity contribution in [1.82, 2.24) is 14.4 Å². The number of hydrogen-bond acceptors (Lipinski definition) is 6. The van der Waals surface area contributed by atoms with E-state index in [-0.39, 0.29) is 36.3 Å². The molecule has 8 nitrogen and oxygen atoms in total. The Hall–Kier alpha value is -2.39. The maximum absolute atomic E-state index is 12.9. The Bertz CT molecular complexity index is 1000. The highest BCUT2D eigenvalue weighted by Gasteiger charge is 2.34. The molecule has 1 aliphatic heterocycles. The van der Waals surface area contributed by atoms with Crippen molar-refractivity contribution in [3.63, 3.8) is 0 Å². The van der Waals surface area contributed by atoms with Crippen LogP contribution in [0.3, 0.4) is 0 Å². The Kier molecular flexibility index (Phi) is 5.35. The van der Waals surface area contributed by atoms with Gasteiger partial charge in [-0.3, -0.25) is 4.79 Å². The van der Waals surface area contributed by atoms with E-state index < -0.39 is 10.0 Å². The molecule has 0 unspecified atom stereocenters. The number of amides is 1. The predicted octanol–water partition coefficient (Wildman–Crippen LogP) is 1.69. The number of aromatic nitrogens is 1. The highest BCUT2D eigenvalue weighted by atomic mass is 32.2. The number of rotatable bonds is 5. The number of fused-ring (bicyclic) bond motifs is 1. The molecule has 2 heterocycles. The number of sulfonamides is 1. The summed E-state index contributed by atoms with van der Waals surface area (Å²) in [5.41, 5.74) is 3.01. The molecule has 4 rings (SSSR count). The van der Waals surface area contributed by atoms with Gasteiger partial charge in [-0.1, -0.05) is 11.2 Å². The monoisotopic (exact) mass is 419 g/mol. The quantitative estimate of drug-likeness (QED) is 0.732. The van der Waals surface area contributed by atoms with Crippen LogP contribution in [0.15, 0.2) is 27.6 Å². The molecule has 9 heteroatoms. The molecule has 2 aromatic rings. The minimum Gasteiger partial charge on any atom is -0.484 e. The fourth-order valence-corrected chi connectivity index (χ4v) is 5.74. The molecule has 29 heavy (non-hydrogen) atoms. The molecule has 0 N–H and O–H groups in total. The summed E-state index contributed by atoms with van der Waals surface area (Å²) in [6, 6.07) is 6.00. The van der Waals surface area contributed by atoms with Crippen molar-refractivity contribution in [2.45, 2.75) is 38.0 Å². The number of aryl methyl sites for hydroxylation is 4. The molecular weight excluding hydrogens is 394 g/mol. The first kappa shape index (κ1) is 19.9. The van der Waals surface area contributed by atoms with Crippen molar-refractivity contribution in [2.24, 2.45) is 0 Å². The lowest BCUT2D eigenvalue weighted by molar-refractivity contribution is -0.134. The molecule has 0 radical (unpaired) electrons.